The molecule has 1 fully saturated rings. The molecule has 556 valence electrons. The predicted octanol–water partition coefficient (Wildman–Crippen LogP) is 34.4. The van der Waals surface area contributed by atoms with Crippen molar-refractivity contribution in [2.45, 2.75) is 391 Å². The van der Waals surface area contributed by atoms with Gasteiger partial charge in [0.25, 0.3) is 0 Å². The van der Waals surface area contributed by atoms with Crippen LogP contribution in [0, 0.1) is 76.9 Å². The van der Waals surface area contributed by atoms with Crippen LogP contribution in [0.15, 0.2) is 132 Å². The van der Waals surface area contributed by atoms with Crippen molar-refractivity contribution in [2.24, 2.45) is 76.9 Å². The molecule has 0 heteroatoms. The standard InChI is InChI=1S/C11H22.C10H20.3C9H18.3C8H16.C7H12.2C7H14/c1-9(2)7-6-8-11(5)10(3)4;1-9(2)7-5-6-8-10(3)4;1-8(2)6-5-7-9(3)4;1-5-6-9(4)7-8(2)3;1-4-5-6-7-8-9(2)3;2*1-7(2)5-6-8(3)4;1-4-5-6-7-8(2)3;1-5(2)7-4-6(7)3;1-6(2)5-7(3)4;1-4-5-6-7(2)3/h7,10-11H,6,8H2,1-5H3;10H,1,5-8H2,2-4H3;9H,1,5-7H2,2-4H3;6,8H,5,7H2,1-4H3;4-5,9H,6-8H2,1-3H3;5,8H,6H2,1-4H3;8H,1,5-6H2,2-4H3;4-5,8H,6-7H2,1-3H3;5,7H,3-4H2,1-2H3;7H,1,5H2,2-4H3;4-5,7H,6H2,1-3H3/b;;;9-6+;5-4+;;;5-4+;;;5-4+. The summed E-state index contributed by atoms with van der Waals surface area (Å²) < 4.78 is 0. The smallest absolute Gasteiger partial charge is 0.0145 e. The summed E-state index contributed by atoms with van der Waals surface area (Å²) in [5.41, 5.74) is 11.1. The van der Waals surface area contributed by atoms with Crippen molar-refractivity contribution in [1.82, 2.24) is 0 Å². The molecule has 1 aliphatic carbocycles. The van der Waals surface area contributed by atoms with Crippen molar-refractivity contribution in [3.8, 4) is 0 Å². The van der Waals surface area contributed by atoms with Gasteiger partial charge in [-0.15, -0.1) is 26.3 Å². The van der Waals surface area contributed by atoms with Gasteiger partial charge in [-0.05, 0) is 276 Å². The molecule has 0 heterocycles. The Kier molecular flexibility index (Phi) is 100.0. The number of hydrogen-bond donors (Lipinski definition) is 0. The van der Waals surface area contributed by atoms with E-state index >= 15 is 0 Å². The van der Waals surface area contributed by atoms with Crippen LogP contribution >= 0.6 is 0 Å². The number of unbranched alkanes of at least 4 members (excludes halogenated alkanes) is 2. The third-order valence-electron chi connectivity index (χ3n) is 14.5. The van der Waals surface area contributed by atoms with Gasteiger partial charge in [0.15, 0.2) is 0 Å². The maximum atomic E-state index is 3.87. The Bertz CT molecular complexity index is 1740. The van der Waals surface area contributed by atoms with Gasteiger partial charge in [0.2, 0.25) is 0 Å². The van der Waals surface area contributed by atoms with Crippen molar-refractivity contribution in [1.29, 1.82) is 0 Å². The number of hydrogen-bond acceptors (Lipinski definition) is 0. The second kappa shape index (κ2) is 83.4. The lowest BCUT2D eigenvalue weighted by Crippen LogP contribution is -2.02. The first kappa shape index (κ1) is 112. The average Bonchev–Trinajstić information content (AvgIpc) is 1.92. The molecule has 2 unspecified atom stereocenters. The summed E-state index contributed by atoms with van der Waals surface area (Å²) in [5.74, 6) is 10.9. The Labute approximate surface area is 596 Å². The van der Waals surface area contributed by atoms with Crippen LogP contribution < -0.4 is 0 Å². The first-order valence-electron chi connectivity index (χ1n) is 38.9. The molecule has 0 aromatic heterocycles. The largest absolute Gasteiger partial charge is 0.100 e. The Balaban J connectivity index is -0.000000102. The van der Waals surface area contributed by atoms with Crippen molar-refractivity contribution in [3.63, 3.8) is 0 Å². The molecule has 0 aromatic carbocycles. The predicted molar refractivity (Wildman–Crippen MR) is 449 cm³/mol. The van der Waals surface area contributed by atoms with Gasteiger partial charge in [-0.3, -0.25) is 0 Å². The van der Waals surface area contributed by atoms with E-state index in [-0.39, 0.29) is 0 Å². The third-order valence-corrected chi connectivity index (χ3v) is 14.5. The highest BCUT2D eigenvalue weighted by Gasteiger charge is 2.29. The lowest BCUT2D eigenvalue weighted by atomic mass is 9.93. The minimum atomic E-state index is 0.775. The Hall–Kier alpha value is -2.86. The normalized spacial score (nSPS) is 12.5. The quantitative estimate of drug-likeness (QED) is 0.0454. The zero-order valence-corrected chi connectivity index (χ0v) is 71.8. The molecule has 0 nitrogen and oxygen atoms in total. The van der Waals surface area contributed by atoms with Crippen molar-refractivity contribution >= 4 is 0 Å². The van der Waals surface area contributed by atoms with Crippen molar-refractivity contribution in [3.05, 3.63) is 132 Å². The fourth-order valence-corrected chi connectivity index (χ4v) is 8.28. The van der Waals surface area contributed by atoms with E-state index in [1.807, 2.05) is 0 Å². The van der Waals surface area contributed by atoms with Crippen LogP contribution in [0.3, 0.4) is 0 Å². The SMILES string of the molecule is C/C=C/CC(C)C.C/C=C/CCC(C)C.C/C=C/CCCC(C)C.C=C(C)CC(C)C.C=C(C)CCC(C)C.C=C(C)CCCC(C)C.C=C(C)CCCCC(C)C.C=C1CC1C(C)C.CC(C)=CCC(C)C.CC(C)=CCCC(C)C(C)C.CC/C=C(\C)CC(C)C. The van der Waals surface area contributed by atoms with E-state index in [1.54, 1.807) is 0 Å². The van der Waals surface area contributed by atoms with Gasteiger partial charge in [-0.2, -0.15) is 0 Å². The molecule has 0 aromatic rings. The first-order chi connectivity index (χ1) is 42.9. The Morgan fingerprint density at radius 2 is 0.763 bits per heavy atom. The van der Waals surface area contributed by atoms with E-state index in [4.69, 9.17) is 0 Å². The van der Waals surface area contributed by atoms with Crippen LogP contribution in [0.5, 0.6) is 0 Å². The van der Waals surface area contributed by atoms with Crippen LogP contribution in [0.2, 0.25) is 0 Å². The van der Waals surface area contributed by atoms with Gasteiger partial charge < -0.3 is 0 Å². The van der Waals surface area contributed by atoms with Crippen LogP contribution in [-0.4, -0.2) is 0 Å². The number of rotatable bonds is 33. The summed E-state index contributed by atoms with van der Waals surface area (Å²) in [7, 11) is 0. The van der Waals surface area contributed by atoms with E-state index in [9.17, 15) is 0 Å². The second-order valence-corrected chi connectivity index (χ2v) is 32.7. The van der Waals surface area contributed by atoms with Gasteiger partial charge in [-0.25, -0.2) is 0 Å². The summed E-state index contributed by atoms with van der Waals surface area (Å²) >= 11 is 0. The topological polar surface area (TPSA) is 0 Å². The van der Waals surface area contributed by atoms with E-state index in [0.717, 1.165) is 76.9 Å². The fraction of sp³-hybridized carbons (Fsp3) is 0.763. The van der Waals surface area contributed by atoms with Gasteiger partial charge in [0.05, 0.1) is 0 Å². The van der Waals surface area contributed by atoms with E-state index in [1.165, 1.54) is 186 Å². The van der Waals surface area contributed by atoms with E-state index in [0.29, 0.717) is 0 Å². The molecule has 0 radical (unpaired) electrons. The molecule has 0 spiro atoms. The molecule has 1 rings (SSSR count). The van der Waals surface area contributed by atoms with Gasteiger partial charge >= 0.3 is 0 Å². The number of allylic oxidation sites excluding steroid dienone is 17. The maximum absolute atomic E-state index is 3.87. The zero-order chi connectivity index (χ0) is 75.0. The molecule has 1 aliphatic rings. The first-order valence-corrected chi connectivity index (χ1v) is 38.9. The summed E-state index contributed by atoms with van der Waals surface area (Å²) in [4.78, 5) is 0. The second-order valence-electron chi connectivity index (χ2n) is 32.7. The lowest BCUT2D eigenvalue weighted by Gasteiger charge is -2.13. The summed E-state index contributed by atoms with van der Waals surface area (Å²) in [6.45, 7) is 98.7. The van der Waals surface area contributed by atoms with Crippen LogP contribution in [0.1, 0.15) is 391 Å². The molecule has 93 heavy (non-hydrogen) atoms. The minimum absolute atomic E-state index is 0.775. The third kappa shape index (κ3) is 155. The van der Waals surface area contributed by atoms with E-state index < -0.39 is 0 Å². The lowest BCUT2D eigenvalue weighted by molar-refractivity contribution is 0.395. The average molecular weight is 1300 g/mol. The minimum Gasteiger partial charge on any atom is -0.100 e. The van der Waals surface area contributed by atoms with Crippen molar-refractivity contribution in [2.75, 3.05) is 0 Å². The molecular weight excluding hydrogens is 1120 g/mol. The maximum Gasteiger partial charge on any atom is -0.0145 e. The van der Waals surface area contributed by atoms with Crippen LogP contribution in [-0.2, 0) is 0 Å². The molecule has 0 bridgehead atoms. The molecular formula is C93H184. The van der Waals surface area contributed by atoms with Gasteiger partial charge in [0, 0.05) is 0 Å². The van der Waals surface area contributed by atoms with Gasteiger partial charge in [0.1, 0.15) is 0 Å². The van der Waals surface area contributed by atoms with Crippen molar-refractivity contribution < 1.29 is 0 Å². The Morgan fingerprint density at radius 1 is 0.376 bits per heavy atom. The van der Waals surface area contributed by atoms with E-state index in [2.05, 4.69) is 337 Å². The molecule has 0 N–H and O–H groups in total. The highest BCUT2D eigenvalue weighted by molar-refractivity contribution is 5.19. The highest BCUT2D eigenvalue weighted by Crippen LogP contribution is 2.41. The monoisotopic (exact) mass is 1300 g/mol. The molecule has 0 amide bonds. The Morgan fingerprint density at radius 3 is 1.02 bits per heavy atom. The van der Waals surface area contributed by atoms with Crippen LogP contribution in [0.4, 0.5) is 0 Å². The molecule has 2 atom stereocenters. The molecule has 0 saturated heterocycles. The summed E-state index contributed by atoms with van der Waals surface area (Å²) in [6.07, 6.45) is 48.0. The molecule has 0 aliphatic heterocycles. The summed E-state index contributed by atoms with van der Waals surface area (Å²) in [5, 5.41) is 0. The molecule has 1 saturated carbocycles. The zero-order valence-electron chi connectivity index (χ0n) is 71.8. The van der Waals surface area contributed by atoms with Gasteiger partial charge in [-0.1, -0.05) is 298 Å². The fourth-order valence-electron chi connectivity index (χ4n) is 8.28. The van der Waals surface area contributed by atoms with Crippen LogP contribution in [0.25, 0.3) is 0 Å². The highest BCUT2D eigenvalue weighted by atomic mass is 14.3. The summed E-state index contributed by atoms with van der Waals surface area (Å²) in [6, 6.07) is 0.